The highest BCUT2D eigenvalue weighted by molar-refractivity contribution is 14.0. The number of thiazole rings is 1. The Labute approximate surface area is 188 Å². The van der Waals surface area contributed by atoms with E-state index in [1.165, 1.54) is 10.4 Å². The number of benzene rings is 1. The van der Waals surface area contributed by atoms with Crippen molar-refractivity contribution < 1.29 is 9.47 Å². The fourth-order valence-corrected chi connectivity index (χ4v) is 3.74. The molecular weight excluding hydrogens is 487 g/mol. The minimum atomic E-state index is -0.0954. The summed E-state index contributed by atoms with van der Waals surface area (Å²) >= 11 is 1.72. The van der Waals surface area contributed by atoms with E-state index in [2.05, 4.69) is 53.5 Å². The predicted molar refractivity (Wildman–Crippen MR) is 126 cm³/mol. The topological polar surface area (TPSA) is 67.8 Å². The number of nitrogens with one attached hydrogen (secondary N) is 2. The van der Waals surface area contributed by atoms with Crippen molar-refractivity contribution in [2.75, 3.05) is 26.8 Å². The second-order valence-electron chi connectivity index (χ2n) is 7.27. The van der Waals surface area contributed by atoms with Crippen LogP contribution in [-0.2, 0) is 12.0 Å². The van der Waals surface area contributed by atoms with Crippen LogP contribution in [0.2, 0.25) is 0 Å². The zero-order chi connectivity index (χ0) is 19.4. The van der Waals surface area contributed by atoms with Crippen LogP contribution in [0.4, 0.5) is 0 Å². The number of fused-ring (bicyclic) bond motifs is 1. The number of halogens is 1. The molecule has 0 saturated carbocycles. The SMILES string of the molecule is CN=C(NCc1nc(C)c(C)s1)NCC(C)(C)c1ccc2c(c1)OCCO2.I. The van der Waals surface area contributed by atoms with Crippen molar-refractivity contribution in [2.24, 2.45) is 4.99 Å². The van der Waals surface area contributed by atoms with Gasteiger partial charge in [-0.3, -0.25) is 4.99 Å². The molecule has 0 fully saturated rings. The van der Waals surface area contributed by atoms with Crippen LogP contribution in [0.3, 0.4) is 0 Å². The predicted octanol–water partition coefficient (Wildman–Crippen LogP) is 3.79. The van der Waals surface area contributed by atoms with E-state index < -0.39 is 0 Å². The molecule has 0 aliphatic carbocycles. The lowest BCUT2D eigenvalue weighted by molar-refractivity contribution is 0.171. The fourth-order valence-electron chi connectivity index (χ4n) is 2.87. The number of aromatic nitrogens is 1. The first kappa shape index (κ1) is 22.7. The number of aryl methyl sites for hydroxylation is 2. The van der Waals surface area contributed by atoms with Gasteiger partial charge in [-0.2, -0.15) is 0 Å². The van der Waals surface area contributed by atoms with Crippen molar-refractivity contribution >= 4 is 41.3 Å². The maximum atomic E-state index is 5.72. The number of hydrogen-bond donors (Lipinski definition) is 2. The molecule has 1 aliphatic heterocycles. The molecule has 1 aromatic heterocycles. The zero-order valence-electron chi connectivity index (χ0n) is 17.1. The maximum Gasteiger partial charge on any atom is 0.191 e. The van der Waals surface area contributed by atoms with E-state index in [1.54, 1.807) is 18.4 Å². The largest absolute Gasteiger partial charge is 0.486 e. The average molecular weight is 516 g/mol. The second-order valence-corrected chi connectivity index (χ2v) is 8.56. The van der Waals surface area contributed by atoms with E-state index >= 15 is 0 Å². The highest BCUT2D eigenvalue weighted by atomic mass is 127. The highest BCUT2D eigenvalue weighted by Crippen LogP contribution is 2.34. The van der Waals surface area contributed by atoms with Crippen LogP contribution in [-0.4, -0.2) is 37.7 Å². The number of hydrogen-bond acceptors (Lipinski definition) is 5. The third-order valence-electron chi connectivity index (χ3n) is 4.72. The molecule has 2 N–H and O–H groups in total. The van der Waals surface area contributed by atoms with Crippen molar-refractivity contribution in [2.45, 2.75) is 39.7 Å². The molecule has 2 heterocycles. The Morgan fingerprint density at radius 1 is 1.18 bits per heavy atom. The quantitative estimate of drug-likeness (QED) is 0.360. The molecule has 0 radical (unpaired) electrons. The van der Waals surface area contributed by atoms with Gasteiger partial charge in [0.1, 0.15) is 18.2 Å². The number of aliphatic imine (C=N–C) groups is 1. The van der Waals surface area contributed by atoms with E-state index in [-0.39, 0.29) is 29.4 Å². The monoisotopic (exact) mass is 516 g/mol. The maximum absolute atomic E-state index is 5.72. The average Bonchev–Trinajstić information content (AvgIpc) is 2.99. The van der Waals surface area contributed by atoms with Crippen LogP contribution in [0, 0.1) is 13.8 Å². The third kappa shape index (κ3) is 5.50. The molecule has 154 valence electrons. The normalized spacial score (nSPS) is 13.7. The van der Waals surface area contributed by atoms with Gasteiger partial charge in [0.05, 0.1) is 12.2 Å². The summed E-state index contributed by atoms with van der Waals surface area (Å²) in [4.78, 5) is 10.1. The van der Waals surface area contributed by atoms with Gasteiger partial charge in [-0.05, 0) is 31.5 Å². The standard InChI is InChI=1S/C20H28N4O2S.HI/c1-13-14(2)27-18(24-13)11-22-19(21-5)23-12-20(3,4)15-6-7-16-17(10-15)26-9-8-25-16;/h6-7,10H,8-9,11-12H2,1-5H3,(H2,21,22,23);1H. The van der Waals surface area contributed by atoms with Crippen LogP contribution in [0.5, 0.6) is 11.5 Å². The van der Waals surface area contributed by atoms with Gasteiger partial charge in [0.15, 0.2) is 17.5 Å². The molecule has 2 aromatic rings. The van der Waals surface area contributed by atoms with E-state index in [9.17, 15) is 0 Å². The minimum absolute atomic E-state index is 0. The molecule has 0 bridgehead atoms. The zero-order valence-corrected chi connectivity index (χ0v) is 20.2. The van der Waals surface area contributed by atoms with Crippen molar-refractivity contribution in [3.8, 4) is 11.5 Å². The Kier molecular flexibility index (Phi) is 7.94. The molecule has 0 amide bonds. The smallest absolute Gasteiger partial charge is 0.191 e. The first-order chi connectivity index (χ1) is 12.9. The summed E-state index contributed by atoms with van der Waals surface area (Å²) in [7, 11) is 1.78. The lowest BCUT2D eigenvalue weighted by Crippen LogP contribution is -2.43. The Morgan fingerprint density at radius 3 is 2.54 bits per heavy atom. The van der Waals surface area contributed by atoms with Crippen LogP contribution in [0.1, 0.15) is 35.0 Å². The molecule has 1 aliphatic rings. The second kappa shape index (κ2) is 9.78. The summed E-state index contributed by atoms with van der Waals surface area (Å²) in [6.07, 6.45) is 0. The van der Waals surface area contributed by atoms with Gasteiger partial charge in [-0.1, -0.05) is 19.9 Å². The Morgan fingerprint density at radius 2 is 1.89 bits per heavy atom. The van der Waals surface area contributed by atoms with Crippen molar-refractivity contribution in [3.63, 3.8) is 0 Å². The Hall–Kier alpha value is -1.55. The molecule has 28 heavy (non-hydrogen) atoms. The molecule has 6 nitrogen and oxygen atoms in total. The van der Waals surface area contributed by atoms with Gasteiger partial charge in [-0.15, -0.1) is 35.3 Å². The summed E-state index contributed by atoms with van der Waals surface area (Å²) < 4.78 is 11.3. The lowest BCUT2D eigenvalue weighted by Gasteiger charge is -2.28. The lowest BCUT2D eigenvalue weighted by atomic mass is 9.84. The summed E-state index contributed by atoms with van der Waals surface area (Å²) in [5.74, 6) is 2.41. The number of nitrogens with zero attached hydrogens (tertiary/aromatic N) is 2. The van der Waals surface area contributed by atoms with Gasteiger partial charge < -0.3 is 20.1 Å². The van der Waals surface area contributed by atoms with Crippen LogP contribution in [0.15, 0.2) is 23.2 Å². The fraction of sp³-hybridized carbons (Fsp3) is 0.500. The number of ether oxygens (including phenoxy) is 2. The van der Waals surface area contributed by atoms with E-state index in [0.29, 0.717) is 19.8 Å². The molecule has 3 rings (SSSR count). The van der Waals surface area contributed by atoms with Crippen molar-refractivity contribution in [1.82, 2.24) is 15.6 Å². The molecule has 0 atom stereocenters. The first-order valence-electron chi connectivity index (χ1n) is 9.16. The minimum Gasteiger partial charge on any atom is -0.486 e. The van der Waals surface area contributed by atoms with E-state index in [1.807, 2.05) is 13.0 Å². The van der Waals surface area contributed by atoms with Gasteiger partial charge in [0.2, 0.25) is 0 Å². The van der Waals surface area contributed by atoms with E-state index in [0.717, 1.165) is 34.7 Å². The van der Waals surface area contributed by atoms with Gasteiger partial charge in [-0.25, -0.2) is 4.98 Å². The number of guanidine groups is 1. The highest BCUT2D eigenvalue weighted by Gasteiger charge is 2.24. The molecular formula is C20H29IN4O2S. The summed E-state index contributed by atoms with van der Waals surface area (Å²) in [5.41, 5.74) is 2.20. The van der Waals surface area contributed by atoms with Crippen LogP contribution >= 0.6 is 35.3 Å². The van der Waals surface area contributed by atoms with Crippen molar-refractivity contribution in [3.05, 3.63) is 39.3 Å². The van der Waals surface area contributed by atoms with Gasteiger partial charge >= 0.3 is 0 Å². The Bertz CT molecular complexity index is 816. The molecule has 0 saturated heterocycles. The molecule has 1 aromatic carbocycles. The summed E-state index contributed by atoms with van der Waals surface area (Å²) in [6, 6.07) is 6.17. The summed E-state index contributed by atoms with van der Waals surface area (Å²) in [5, 5.41) is 7.83. The Balaban J connectivity index is 0.00000280. The van der Waals surface area contributed by atoms with Gasteiger partial charge in [0.25, 0.3) is 0 Å². The van der Waals surface area contributed by atoms with E-state index in [4.69, 9.17) is 9.47 Å². The third-order valence-corrected chi connectivity index (χ3v) is 5.80. The van der Waals surface area contributed by atoms with Gasteiger partial charge in [0, 0.05) is 23.9 Å². The van der Waals surface area contributed by atoms with Crippen LogP contribution in [0.25, 0.3) is 0 Å². The molecule has 0 spiro atoms. The molecule has 8 heteroatoms. The van der Waals surface area contributed by atoms with Crippen LogP contribution < -0.4 is 20.1 Å². The summed E-state index contributed by atoms with van der Waals surface area (Å²) in [6.45, 7) is 11.2. The molecule has 0 unspecified atom stereocenters. The first-order valence-corrected chi connectivity index (χ1v) is 9.98. The van der Waals surface area contributed by atoms with Crippen molar-refractivity contribution in [1.29, 1.82) is 0 Å². The number of rotatable bonds is 5.